The van der Waals surface area contributed by atoms with Crippen molar-refractivity contribution in [2.45, 2.75) is 32.7 Å². The third kappa shape index (κ3) is 2.78. The molecule has 0 amide bonds. The molecule has 1 atom stereocenters. The van der Waals surface area contributed by atoms with Gasteiger partial charge in [-0.15, -0.1) is 0 Å². The molecule has 1 heterocycles. The highest BCUT2D eigenvalue weighted by molar-refractivity contribution is 6.01. The van der Waals surface area contributed by atoms with Gasteiger partial charge in [-0.1, -0.05) is 44.2 Å². The number of ketones is 1. The summed E-state index contributed by atoms with van der Waals surface area (Å²) in [6, 6.07) is 14.8. The van der Waals surface area contributed by atoms with Crippen molar-refractivity contribution < 1.29 is 9.90 Å². The molecule has 0 aromatic heterocycles. The van der Waals surface area contributed by atoms with E-state index in [0.717, 1.165) is 34.6 Å². The van der Waals surface area contributed by atoms with Crippen LogP contribution in [0.3, 0.4) is 0 Å². The largest absolute Gasteiger partial charge is 0.508 e. The third-order valence-corrected chi connectivity index (χ3v) is 4.97. The topological polar surface area (TPSA) is 61.4 Å². The van der Waals surface area contributed by atoms with Gasteiger partial charge in [0.25, 0.3) is 0 Å². The predicted octanol–water partition coefficient (Wildman–Crippen LogP) is 4.61. The maximum absolute atomic E-state index is 13.0. The number of hydrogen-bond donors (Lipinski definition) is 3. The molecule has 4 heteroatoms. The van der Waals surface area contributed by atoms with E-state index in [-0.39, 0.29) is 23.0 Å². The summed E-state index contributed by atoms with van der Waals surface area (Å²) in [5, 5.41) is 17.3. The Balaban J connectivity index is 1.92. The molecule has 0 saturated heterocycles. The summed E-state index contributed by atoms with van der Waals surface area (Å²) in [5.41, 5.74) is 4.21. The Morgan fingerprint density at radius 2 is 1.68 bits per heavy atom. The number of phenols is 1. The molecule has 1 aliphatic carbocycles. The first-order valence-corrected chi connectivity index (χ1v) is 8.61. The Kier molecular flexibility index (Phi) is 3.57. The minimum atomic E-state index is -0.365. The first-order chi connectivity index (χ1) is 11.9. The quantitative estimate of drug-likeness (QED) is 0.712. The fourth-order valence-corrected chi connectivity index (χ4v) is 3.85. The van der Waals surface area contributed by atoms with Gasteiger partial charge in [0.1, 0.15) is 5.75 Å². The summed E-state index contributed by atoms with van der Waals surface area (Å²) in [5.74, 6) is 0.330. The Morgan fingerprint density at radius 3 is 2.44 bits per heavy atom. The second-order valence-corrected chi connectivity index (χ2v) is 7.64. The number of rotatable bonds is 1. The molecule has 25 heavy (non-hydrogen) atoms. The van der Waals surface area contributed by atoms with E-state index in [4.69, 9.17) is 0 Å². The fraction of sp³-hybridized carbons (Fsp3) is 0.286. The number of phenolic OH excluding ortho intramolecular Hbond substituents is 1. The molecule has 0 spiro atoms. The Bertz CT molecular complexity index is 883. The molecule has 0 bridgehead atoms. The van der Waals surface area contributed by atoms with Gasteiger partial charge < -0.3 is 15.7 Å². The van der Waals surface area contributed by atoms with Gasteiger partial charge in [-0.25, -0.2) is 0 Å². The zero-order valence-corrected chi connectivity index (χ0v) is 14.5. The average molecular weight is 334 g/mol. The van der Waals surface area contributed by atoms with E-state index in [0.29, 0.717) is 6.42 Å². The smallest absolute Gasteiger partial charge is 0.163 e. The number of carbonyl (C=O) groups is 1. The standard InChI is InChI=1S/C21H22N2O2/c1-21(2)11-16-19(18(25)12-21)20(13-7-3-6-10-17(13)24)23-15-9-5-4-8-14(15)22-16/h3-10,20,22-24H,11-12H2,1-2H3/t20-/m0/s1. The van der Waals surface area contributed by atoms with Gasteiger partial charge >= 0.3 is 0 Å². The fourth-order valence-electron chi connectivity index (χ4n) is 3.85. The van der Waals surface area contributed by atoms with Crippen LogP contribution in [0.15, 0.2) is 59.8 Å². The highest BCUT2D eigenvalue weighted by Crippen LogP contribution is 2.46. The Labute approximate surface area is 147 Å². The van der Waals surface area contributed by atoms with Crippen LogP contribution in [0.1, 0.15) is 38.3 Å². The normalized spacial score (nSPS) is 21.5. The second-order valence-electron chi connectivity index (χ2n) is 7.64. The number of benzene rings is 2. The Morgan fingerprint density at radius 1 is 1.00 bits per heavy atom. The van der Waals surface area contributed by atoms with E-state index in [9.17, 15) is 9.90 Å². The van der Waals surface area contributed by atoms with Crippen LogP contribution in [0.4, 0.5) is 11.4 Å². The van der Waals surface area contributed by atoms with Crippen LogP contribution in [0.5, 0.6) is 5.75 Å². The van der Waals surface area contributed by atoms with E-state index in [1.807, 2.05) is 36.4 Å². The van der Waals surface area contributed by atoms with E-state index in [2.05, 4.69) is 24.5 Å². The summed E-state index contributed by atoms with van der Waals surface area (Å²) in [6.45, 7) is 4.24. The van der Waals surface area contributed by atoms with Crippen molar-refractivity contribution in [2.75, 3.05) is 10.6 Å². The van der Waals surface area contributed by atoms with Gasteiger partial charge in [-0.3, -0.25) is 4.79 Å². The lowest BCUT2D eigenvalue weighted by Crippen LogP contribution is -2.31. The molecule has 2 aromatic carbocycles. The van der Waals surface area contributed by atoms with Gasteiger partial charge in [0, 0.05) is 23.3 Å². The zero-order chi connectivity index (χ0) is 17.6. The predicted molar refractivity (Wildman–Crippen MR) is 99.6 cm³/mol. The number of carbonyl (C=O) groups excluding carboxylic acids is 1. The number of Topliss-reactive ketones (excluding diaryl/α,β-unsaturated/α-hetero) is 1. The first kappa shape index (κ1) is 15.8. The third-order valence-electron chi connectivity index (χ3n) is 4.97. The van der Waals surface area contributed by atoms with Crippen LogP contribution in [-0.2, 0) is 4.79 Å². The summed E-state index contributed by atoms with van der Waals surface area (Å²) >= 11 is 0. The Hall–Kier alpha value is -2.75. The number of hydrogen-bond acceptors (Lipinski definition) is 4. The highest BCUT2D eigenvalue weighted by Gasteiger charge is 2.39. The number of nitrogens with one attached hydrogen (secondary N) is 2. The molecule has 2 aromatic rings. The number of anilines is 2. The van der Waals surface area contributed by atoms with Gasteiger partial charge in [0.05, 0.1) is 17.4 Å². The van der Waals surface area contributed by atoms with Crippen LogP contribution < -0.4 is 10.6 Å². The molecule has 128 valence electrons. The molecule has 0 saturated carbocycles. The van der Waals surface area contributed by atoms with E-state index in [1.165, 1.54) is 0 Å². The van der Waals surface area contributed by atoms with Crippen LogP contribution >= 0.6 is 0 Å². The van der Waals surface area contributed by atoms with E-state index < -0.39 is 0 Å². The number of fused-ring (bicyclic) bond motifs is 1. The van der Waals surface area contributed by atoms with Crippen molar-refractivity contribution in [3.8, 4) is 5.75 Å². The summed E-state index contributed by atoms with van der Waals surface area (Å²) in [7, 11) is 0. The summed E-state index contributed by atoms with van der Waals surface area (Å²) < 4.78 is 0. The summed E-state index contributed by atoms with van der Waals surface area (Å²) in [4.78, 5) is 13.0. The maximum Gasteiger partial charge on any atom is 0.163 e. The van der Waals surface area contributed by atoms with Gasteiger partial charge in [-0.05, 0) is 30.0 Å². The molecule has 0 radical (unpaired) electrons. The van der Waals surface area contributed by atoms with Crippen molar-refractivity contribution >= 4 is 17.2 Å². The van der Waals surface area contributed by atoms with Crippen LogP contribution in [0.2, 0.25) is 0 Å². The molecule has 4 nitrogen and oxygen atoms in total. The van der Waals surface area contributed by atoms with Crippen LogP contribution in [-0.4, -0.2) is 10.9 Å². The number of allylic oxidation sites excluding steroid dienone is 1. The van der Waals surface area contributed by atoms with Crippen molar-refractivity contribution in [3.05, 3.63) is 65.4 Å². The monoisotopic (exact) mass is 334 g/mol. The first-order valence-electron chi connectivity index (χ1n) is 8.61. The van der Waals surface area contributed by atoms with Gasteiger partial charge in [-0.2, -0.15) is 0 Å². The summed E-state index contributed by atoms with van der Waals surface area (Å²) in [6.07, 6.45) is 1.31. The maximum atomic E-state index is 13.0. The van der Waals surface area contributed by atoms with Crippen LogP contribution in [0.25, 0.3) is 0 Å². The molecule has 3 N–H and O–H groups in total. The molecule has 4 rings (SSSR count). The highest BCUT2D eigenvalue weighted by atomic mass is 16.3. The van der Waals surface area contributed by atoms with Crippen molar-refractivity contribution in [1.82, 2.24) is 0 Å². The van der Waals surface area contributed by atoms with Crippen molar-refractivity contribution in [1.29, 1.82) is 0 Å². The van der Waals surface area contributed by atoms with Gasteiger partial charge in [0.2, 0.25) is 0 Å². The second kappa shape index (κ2) is 5.66. The molecule has 1 aliphatic heterocycles. The lowest BCUT2D eigenvalue weighted by atomic mass is 9.73. The average Bonchev–Trinajstić information content (AvgIpc) is 2.70. The molecule has 0 fully saturated rings. The minimum Gasteiger partial charge on any atom is -0.508 e. The van der Waals surface area contributed by atoms with E-state index >= 15 is 0 Å². The van der Waals surface area contributed by atoms with Crippen molar-refractivity contribution in [3.63, 3.8) is 0 Å². The minimum absolute atomic E-state index is 0.0779. The molecular weight excluding hydrogens is 312 g/mol. The number of aromatic hydroxyl groups is 1. The van der Waals surface area contributed by atoms with Gasteiger partial charge in [0.15, 0.2) is 5.78 Å². The van der Waals surface area contributed by atoms with E-state index in [1.54, 1.807) is 12.1 Å². The zero-order valence-electron chi connectivity index (χ0n) is 14.5. The molecule has 0 unspecified atom stereocenters. The van der Waals surface area contributed by atoms with Crippen LogP contribution in [0, 0.1) is 5.41 Å². The molecule has 2 aliphatic rings. The van der Waals surface area contributed by atoms with Crippen molar-refractivity contribution in [2.24, 2.45) is 5.41 Å². The number of para-hydroxylation sites is 3. The lowest BCUT2D eigenvalue weighted by molar-refractivity contribution is -0.118. The lowest BCUT2D eigenvalue weighted by Gasteiger charge is -2.34. The SMILES string of the molecule is CC1(C)CC(=O)C2=C(C1)Nc1ccccc1N[C@H]2c1ccccc1O. The molecular formula is C21H22N2O2.